The highest BCUT2D eigenvalue weighted by molar-refractivity contribution is 6.34. The molecule has 0 aliphatic carbocycles. The van der Waals surface area contributed by atoms with Gasteiger partial charge in [0.25, 0.3) is 5.91 Å². The maximum Gasteiger partial charge on any atom is 0.258 e. The van der Waals surface area contributed by atoms with Crippen molar-refractivity contribution in [3.05, 3.63) is 51.8 Å². The molecule has 1 N–H and O–H groups in total. The van der Waals surface area contributed by atoms with Crippen molar-refractivity contribution in [1.29, 1.82) is 0 Å². The second-order valence-electron chi connectivity index (χ2n) is 3.45. The fraction of sp³-hybridized carbons (Fsp3) is 0. The van der Waals surface area contributed by atoms with Gasteiger partial charge in [-0.25, -0.2) is 8.78 Å². The second-order valence-corrected chi connectivity index (χ2v) is 4.20. The molecule has 1 aromatic carbocycles. The summed E-state index contributed by atoms with van der Waals surface area (Å²) in [6.07, 6.45) is 0. The van der Waals surface area contributed by atoms with Crippen LogP contribution in [0.3, 0.4) is 0 Å². The first kappa shape index (κ1) is 13.6. The predicted octanol–water partition coefficient (Wildman–Crippen LogP) is 3.31. The van der Waals surface area contributed by atoms with Crippen molar-refractivity contribution in [2.24, 2.45) is 0 Å². The minimum absolute atomic E-state index is 0.0140. The number of amides is 1. The van der Waals surface area contributed by atoms with Crippen LogP contribution in [0.2, 0.25) is 10.3 Å². The summed E-state index contributed by atoms with van der Waals surface area (Å²) in [4.78, 5) is 11.8. The number of aromatic nitrogens is 2. The monoisotopic (exact) mass is 303 g/mol. The van der Waals surface area contributed by atoms with Crippen LogP contribution in [0.5, 0.6) is 0 Å². The molecule has 0 aliphatic rings. The average molecular weight is 304 g/mol. The van der Waals surface area contributed by atoms with Crippen LogP contribution < -0.4 is 5.32 Å². The van der Waals surface area contributed by atoms with Crippen LogP contribution in [-0.2, 0) is 0 Å². The van der Waals surface area contributed by atoms with Crippen molar-refractivity contribution >= 4 is 34.8 Å². The Kier molecular flexibility index (Phi) is 3.92. The van der Waals surface area contributed by atoms with E-state index in [1.165, 1.54) is 12.1 Å². The van der Waals surface area contributed by atoms with E-state index in [2.05, 4.69) is 15.5 Å². The van der Waals surface area contributed by atoms with Crippen LogP contribution in [-0.4, -0.2) is 16.1 Å². The lowest BCUT2D eigenvalue weighted by atomic mass is 10.2. The molecule has 0 unspecified atom stereocenters. The highest BCUT2D eigenvalue weighted by Crippen LogP contribution is 2.18. The molecule has 0 aliphatic heterocycles. The zero-order chi connectivity index (χ0) is 14.0. The minimum atomic E-state index is -1.07. The maximum atomic E-state index is 13.0. The number of nitrogens with zero attached hydrogens (tertiary/aromatic N) is 2. The smallest absolute Gasteiger partial charge is 0.258 e. The lowest BCUT2D eigenvalue weighted by molar-refractivity contribution is 0.102. The lowest BCUT2D eigenvalue weighted by Crippen LogP contribution is -2.13. The Hall–Kier alpha value is -1.79. The molecule has 0 bridgehead atoms. The first-order chi connectivity index (χ1) is 8.97. The minimum Gasteiger partial charge on any atom is -0.322 e. The Bertz CT molecular complexity index is 652. The van der Waals surface area contributed by atoms with Crippen LogP contribution in [0.25, 0.3) is 0 Å². The Morgan fingerprint density at radius 1 is 1.11 bits per heavy atom. The molecule has 0 radical (unpaired) electrons. The quantitative estimate of drug-likeness (QED) is 0.926. The Morgan fingerprint density at radius 2 is 1.84 bits per heavy atom. The van der Waals surface area contributed by atoms with Gasteiger partial charge in [-0.05, 0) is 18.2 Å². The van der Waals surface area contributed by atoms with E-state index in [4.69, 9.17) is 23.2 Å². The van der Waals surface area contributed by atoms with Crippen LogP contribution >= 0.6 is 23.2 Å². The summed E-state index contributed by atoms with van der Waals surface area (Å²) < 4.78 is 25.7. The number of nitrogens with one attached hydrogen (secondary N) is 1. The normalized spacial score (nSPS) is 10.3. The number of anilines is 1. The summed E-state index contributed by atoms with van der Waals surface area (Å²) in [6.45, 7) is 0. The van der Waals surface area contributed by atoms with E-state index in [1.54, 1.807) is 0 Å². The van der Waals surface area contributed by atoms with Gasteiger partial charge < -0.3 is 5.32 Å². The SMILES string of the molecule is O=C(Nc1ccc(F)c(F)c1)c1cc(Cl)nnc1Cl. The van der Waals surface area contributed by atoms with Gasteiger partial charge in [-0.1, -0.05) is 23.2 Å². The van der Waals surface area contributed by atoms with Crippen molar-refractivity contribution in [2.75, 3.05) is 5.32 Å². The van der Waals surface area contributed by atoms with E-state index < -0.39 is 17.5 Å². The number of carbonyl (C=O) groups is 1. The van der Waals surface area contributed by atoms with Crippen LogP contribution in [0.15, 0.2) is 24.3 Å². The topological polar surface area (TPSA) is 54.9 Å². The van der Waals surface area contributed by atoms with E-state index >= 15 is 0 Å². The summed E-state index contributed by atoms with van der Waals surface area (Å²) >= 11 is 11.3. The zero-order valence-corrected chi connectivity index (χ0v) is 10.6. The molecule has 0 saturated heterocycles. The molecule has 8 heteroatoms. The molecule has 1 aromatic heterocycles. The summed E-state index contributed by atoms with van der Waals surface area (Å²) in [5.74, 6) is -2.74. The van der Waals surface area contributed by atoms with E-state index in [-0.39, 0.29) is 21.6 Å². The third-order valence-electron chi connectivity index (χ3n) is 2.14. The third-order valence-corrected chi connectivity index (χ3v) is 2.61. The second kappa shape index (κ2) is 5.46. The van der Waals surface area contributed by atoms with E-state index in [0.717, 1.165) is 12.1 Å². The average Bonchev–Trinajstić information content (AvgIpc) is 2.36. The predicted molar refractivity (Wildman–Crippen MR) is 66.4 cm³/mol. The zero-order valence-electron chi connectivity index (χ0n) is 9.12. The molecular weight excluding hydrogens is 299 g/mol. The molecule has 19 heavy (non-hydrogen) atoms. The molecule has 0 saturated carbocycles. The maximum absolute atomic E-state index is 13.0. The van der Waals surface area contributed by atoms with Gasteiger partial charge in [0.2, 0.25) is 0 Å². The largest absolute Gasteiger partial charge is 0.322 e. The molecular formula is C11H5Cl2F2N3O. The number of hydrogen-bond acceptors (Lipinski definition) is 3. The summed E-state index contributed by atoms with van der Waals surface area (Å²) in [7, 11) is 0. The number of carbonyl (C=O) groups excluding carboxylic acids is 1. The molecule has 2 aromatic rings. The lowest BCUT2D eigenvalue weighted by Gasteiger charge is -2.06. The highest BCUT2D eigenvalue weighted by Gasteiger charge is 2.14. The van der Waals surface area contributed by atoms with E-state index in [0.29, 0.717) is 0 Å². The van der Waals surface area contributed by atoms with E-state index in [9.17, 15) is 13.6 Å². The molecule has 1 heterocycles. The standard InChI is InChI=1S/C11H5Cl2F2N3O/c12-9-4-6(10(13)18-17-9)11(19)16-5-1-2-7(14)8(15)3-5/h1-4H,(H,16,19). The van der Waals surface area contributed by atoms with Crippen molar-refractivity contribution in [3.63, 3.8) is 0 Å². The highest BCUT2D eigenvalue weighted by atomic mass is 35.5. The van der Waals surface area contributed by atoms with Gasteiger partial charge in [-0.15, -0.1) is 10.2 Å². The van der Waals surface area contributed by atoms with Gasteiger partial charge in [0.15, 0.2) is 21.9 Å². The van der Waals surface area contributed by atoms with Gasteiger partial charge in [-0.2, -0.15) is 0 Å². The summed E-state index contributed by atoms with van der Waals surface area (Å²) in [6, 6.07) is 4.16. The molecule has 98 valence electrons. The molecule has 0 spiro atoms. The van der Waals surface area contributed by atoms with Crippen LogP contribution in [0.4, 0.5) is 14.5 Å². The third kappa shape index (κ3) is 3.15. The van der Waals surface area contributed by atoms with Crippen LogP contribution in [0.1, 0.15) is 10.4 Å². The fourth-order valence-corrected chi connectivity index (χ4v) is 1.61. The Morgan fingerprint density at radius 3 is 2.53 bits per heavy atom. The Balaban J connectivity index is 2.25. The molecule has 2 rings (SSSR count). The van der Waals surface area contributed by atoms with Gasteiger partial charge >= 0.3 is 0 Å². The van der Waals surface area contributed by atoms with Gasteiger partial charge in [-0.3, -0.25) is 4.79 Å². The Labute approximate surface area is 116 Å². The molecule has 0 atom stereocenters. The summed E-state index contributed by atoms with van der Waals surface area (Å²) in [5, 5.41) is 9.09. The van der Waals surface area contributed by atoms with Crippen molar-refractivity contribution in [3.8, 4) is 0 Å². The van der Waals surface area contributed by atoms with Gasteiger partial charge in [0.05, 0.1) is 5.56 Å². The van der Waals surface area contributed by atoms with E-state index in [1.807, 2.05) is 0 Å². The van der Waals surface area contributed by atoms with Gasteiger partial charge in [0, 0.05) is 11.8 Å². The number of hydrogen-bond donors (Lipinski definition) is 1. The van der Waals surface area contributed by atoms with Gasteiger partial charge in [0.1, 0.15) is 0 Å². The number of benzene rings is 1. The molecule has 1 amide bonds. The first-order valence-corrected chi connectivity index (χ1v) is 5.68. The summed E-state index contributed by atoms with van der Waals surface area (Å²) in [5.41, 5.74) is 0.0549. The molecule has 0 fully saturated rings. The van der Waals surface area contributed by atoms with Crippen molar-refractivity contribution in [1.82, 2.24) is 10.2 Å². The molecule has 4 nitrogen and oxygen atoms in total. The number of rotatable bonds is 2. The first-order valence-electron chi connectivity index (χ1n) is 4.92. The fourth-order valence-electron chi connectivity index (χ4n) is 1.28. The van der Waals surface area contributed by atoms with Crippen molar-refractivity contribution < 1.29 is 13.6 Å². The van der Waals surface area contributed by atoms with Crippen LogP contribution in [0, 0.1) is 11.6 Å². The number of halogens is 4. The van der Waals surface area contributed by atoms with Crippen molar-refractivity contribution in [2.45, 2.75) is 0 Å².